The van der Waals surface area contributed by atoms with E-state index in [2.05, 4.69) is 10.6 Å². The fourth-order valence-electron chi connectivity index (χ4n) is 1.15. The molecule has 16 heavy (non-hydrogen) atoms. The fraction of sp³-hybridized carbons (Fsp3) is 0.909. The Kier molecular flexibility index (Phi) is 10.4. The average Bonchev–Trinajstić information content (AvgIpc) is 2.30. The van der Waals surface area contributed by atoms with Gasteiger partial charge in [0.1, 0.15) is 0 Å². The summed E-state index contributed by atoms with van der Waals surface area (Å²) in [5.41, 5.74) is 5.33. The molecule has 0 aliphatic heterocycles. The predicted octanol–water partition coefficient (Wildman–Crippen LogP) is -0.286. The molecule has 0 spiro atoms. The van der Waals surface area contributed by atoms with Gasteiger partial charge >= 0.3 is 5.97 Å². The normalized spacial score (nSPS) is 12.4. The van der Waals surface area contributed by atoms with Crippen LogP contribution in [-0.4, -0.2) is 45.3 Å². The third-order valence-electron chi connectivity index (χ3n) is 2.10. The van der Waals surface area contributed by atoms with E-state index < -0.39 is 0 Å². The largest absolute Gasteiger partial charge is 0.465 e. The number of nitrogens with two attached hydrogens (primary N) is 1. The van der Waals surface area contributed by atoms with Crippen molar-refractivity contribution < 1.29 is 9.53 Å². The van der Waals surface area contributed by atoms with Crippen LogP contribution in [0, 0.1) is 5.92 Å². The van der Waals surface area contributed by atoms with E-state index in [-0.39, 0.29) is 11.9 Å². The van der Waals surface area contributed by atoms with Gasteiger partial charge in [0, 0.05) is 32.7 Å². The molecule has 0 aromatic carbocycles. The minimum atomic E-state index is -0.121. The van der Waals surface area contributed by atoms with E-state index >= 15 is 0 Å². The van der Waals surface area contributed by atoms with Gasteiger partial charge in [-0.3, -0.25) is 4.79 Å². The summed E-state index contributed by atoms with van der Waals surface area (Å²) in [6.07, 6.45) is 0.870. The maximum Gasteiger partial charge on any atom is 0.309 e. The lowest BCUT2D eigenvalue weighted by atomic mass is 10.2. The summed E-state index contributed by atoms with van der Waals surface area (Å²) in [6, 6.07) is 0. The lowest BCUT2D eigenvalue weighted by Gasteiger charge is -2.12. The van der Waals surface area contributed by atoms with Gasteiger partial charge in [-0.2, -0.15) is 0 Å². The quantitative estimate of drug-likeness (QED) is 0.356. The Morgan fingerprint density at radius 2 is 2.00 bits per heavy atom. The summed E-state index contributed by atoms with van der Waals surface area (Å²) in [4.78, 5) is 11.4. The van der Waals surface area contributed by atoms with Crippen molar-refractivity contribution in [1.29, 1.82) is 0 Å². The third kappa shape index (κ3) is 8.64. The molecule has 0 radical (unpaired) electrons. The van der Waals surface area contributed by atoms with Crippen molar-refractivity contribution in [2.24, 2.45) is 11.7 Å². The highest BCUT2D eigenvalue weighted by Crippen LogP contribution is 1.97. The van der Waals surface area contributed by atoms with Crippen molar-refractivity contribution >= 4 is 5.97 Å². The molecule has 5 heteroatoms. The van der Waals surface area contributed by atoms with Crippen molar-refractivity contribution in [1.82, 2.24) is 10.6 Å². The SMILES string of the molecule is CCCOC(=O)C(C)CNCCNCCN. The van der Waals surface area contributed by atoms with Crippen molar-refractivity contribution in [3.8, 4) is 0 Å². The standard InChI is InChI=1S/C11H25N3O2/c1-3-8-16-11(15)10(2)9-14-7-6-13-5-4-12/h10,13-14H,3-9,12H2,1-2H3. The first-order valence-corrected chi connectivity index (χ1v) is 6.00. The highest BCUT2D eigenvalue weighted by atomic mass is 16.5. The van der Waals surface area contributed by atoms with Crippen LogP contribution in [-0.2, 0) is 9.53 Å². The number of nitrogens with one attached hydrogen (secondary N) is 2. The lowest BCUT2D eigenvalue weighted by Crippen LogP contribution is -2.34. The first kappa shape index (κ1) is 15.3. The Hall–Kier alpha value is -0.650. The van der Waals surface area contributed by atoms with Gasteiger partial charge < -0.3 is 21.1 Å². The first-order valence-electron chi connectivity index (χ1n) is 6.00. The number of ether oxygens (including phenoxy) is 1. The molecule has 0 saturated heterocycles. The zero-order valence-corrected chi connectivity index (χ0v) is 10.4. The maximum absolute atomic E-state index is 11.4. The predicted molar refractivity (Wildman–Crippen MR) is 65.2 cm³/mol. The van der Waals surface area contributed by atoms with Gasteiger partial charge in [-0.15, -0.1) is 0 Å². The molecule has 0 heterocycles. The van der Waals surface area contributed by atoms with E-state index in [0.717, 1.165) is 26.1 Å². The molecule has 0 saturated carbocycles. The van der Waals surface area contributed by atoms with Gasteiger partial charge in [0.25, 0.3) is 0 Å². The van der Waals surface area contributed by atoms with Gasteiger partial charge in [0.2, 0.25) is 0 Å². The van der Waals surface area contributed by atoms with Crippen LogP contribution in [0.15, 0.2) is 0 Å². The van der Waals surface area contributed by atoms with Crippen LogP contribution in [0.5, 0.6) is 0 Å². The molecular weight excluding hydrogens is 206 g/mol. The zero-order valence-electron chi connectivity index (χ0n) is 10.4. The van der Waals surface area contributed by atoms with Crippen LogP contribution in [0.4, 0.5) is 0 Å². The minimum absolute atomic E-state index is 0.0824. The highest BCUT2D eigenvalue weighted by molar-refractivity contribution is 5.72. The second-order valence-corrected chi connectivity index (χ2v) is 3.81. The average molecular weight is 231 g/mol. The van der Waals surface area contributed by atoms with E-state index in [4.69, 9.17) is 10.5 Å². The van der Waals surface area contributed by atoms with Crippen LogP contribution < -0.4 is 16.4 Å². The van der Waals surface area contributed by atoms with E-state index in [9.17, 15) is 4.79 Å². The number of hydrogen-bond acceptors (Lipinski definition) is 5. The monoisotopic (exact) mass is 231 g/mol. The molecule has 0 amide bonds. The Morgan fingerprint density at radius 3 is 2.62 bits per heavy atom. The van der Waals surface area contributed by atoms with Crippen LogP contribution in [0.3, 0.4) is 0 Å². The van der Waals surface area contributed by atoms with Crippen molar-refractivity contribution in [2.45, 2.75) is 20.3 Å². The second kappa shape index (κ2) is 10.9. The number of carbonyl (C=O) groups is 1. The minimum Gasteiger partial charge on any atom is -0.465 e. The van der Waals surface area contributed by atoms with Crippen molar-refractivity contribution in [3.05, 3.63) is 0 Å². The number of hydrogen-bond donors (Lipinski definition) is 3. The number of esters is 1. The molecule has 96 valence electrons. The molecule has 1 atom stereocenters. The second-order valence-electron chi connectivity index (χ2n) is 3.81. The summed E-state index contributed by atoms with van der Waals surface area (Å²) in [5.74, 6) is -0.203. The van der Waals surface area contributed by atoms with Crippen molar-refractivity contribution in [3.63, 3.8) is 0 Å². The lowest BCUT2D eigenvalue weighted by molar-refractivity contribution is -0.147. The molecule has 0 aromatic rings. The number of carbonyl (C=O) groups excluding carboxylic acids is 1. The summed E-state index contributed by atoms with van der Waals surface area (Å²) < 4.78 is 5.04. The smallest absolute Gasteiger partial charge is 0.309 e. The van der Waals surface area contributed by atoms with Crippen LogP contribution in [0.25, 0.3) is 0 Å². The van der Waals surface area contributed by atoms with Gasteiger partial charge in [-0.25, -0.2) is 0 Å². The van der Waals surface area contributed by atoms with Crippen LogP contribution in [0.2, 0.25) is 0 Å². The summed E-state index contributed by atoms with van der Waals surface area (Å²) in [6.45, 7) is 8.22. The Labute approximate surface area is 98.1 Å². The van der Waals surface area contributed by atoms with E-state index in [1.54, 1.807) is 0 Å². The molecule has 0 aromatic heterocycles. The van der Waals surface area contributed by atoms with Crippen LogP contribution in [0.1, 0.15) is 20.3 Å². The number of rotatable bonds is 10. The molecule has 4 N–H and O–H groups in total. The molecule has 1 unspecified atom stereocenters. The van der Waals surface area contributed by atoms with Gasteiger partial charge in [-0.05, 0) is 6.42 Å². The molecule has 0 bridgehead atoms. The molecule has 0 fully saturated rings. The van der Waals surface area contributed by atoms with Gasteiger partial charge in [0.15, 0.2) is 0 Å². The molecule has 5 nitrogen and oxygen atoms in total. The van der Waals surface area contributed by atoms with Crippen molar-refractivity contribution in [2.75, 3.05) is 39.3 Å². The summed E-state index contributed by atoms with van der Waals surface area (Å²) in [7, 11) is 0. The maximum atomic E-state index is 11.4. The van der Waals surface area contributed by atoms with Crippen LogP contribution >= 0.6 is 0 Å². The summed E-state index contributed by atoms with van der Waals surface area (Å²) in [5, 5.41) is 6.37. The van der Waals surface area contributed by atoms with E-state index in [1.165, 1.54) is 0 Å². The highest BCUT2D eigenvalue weighted by Gasteiger charge is 2.12. The first-order chi connectivity index (χ1) is 7.72. The Bertz CT molecular complexity index is 177. The Balaban J connectivity index is 3.35. The van der Waals surface area contributed by atoms with E-state index in [1.807, 2.05) is 13.8 Å². The van der Waals surface area contributed by atoms with Gasteiger partial charge in [0.05, 0.1) is 12.5 Å². The molecule has 0 aliphatic rings. The molecule has 0 rings (SSSR count). The zero-order chi connectivity index (χ0) is 12.2. The molecular formula is C11H25N3O2. The molecule has 0 aliphatic carbocycles. The van der Waals surface area contributed by atoms with Gasteiger partial charge in [-0.1, -0.05) is 13.8 Å². The van der Waals surface area contributed by atoms with E-state index in [0.29, 0.717) is 19.7 Å². The Morgan fingerprint density at radius 1 is 1.31 bits per heavy atom. The summed E-state index contributed by atoms with van der Waals surface area (Å²) >= 11 is 0. The fourth-order valence-corrected chi connectivity index (χ4v) is 1.15. The third-order valence-corrected chi connectivity index (χ3v) is 2.10. The topological polar surface area (TPSA) is 76.4 Å².